The Kier molecular flexibility index (Phi) is 62.9. The number of unbranched alkanes of at least 4 members (excludes halogenated alkanes) is 1. The van der Waals surface area contributed by atoms with E-state index in [4.69, 9.17) is 0 Å². The van der Waals surface area contributed by atoms with E-state index < -0.39 is 294 Å². The Labute approximate surface area is 759 Å². The summed E-state index contributed by atoms with van der Waals surface area (Å²) in [5.41, 5.74) is 0. The molecule has 0 aromatic carbocycles. The zero-order valence-corrected chi connectivity index (χ0v) is 79.3. The van der Waals surface area contributed by atoms with Crippen molar-refractivity contribution in [3.63, 3.8) is 0 Å². The van der Waals surface area contributed by atoms with Crippen LogP contribution in [0.25, 0.3) is 0 Å². The number of carbonyl (C=O) groups excluding carboxylic acids is 11. The molecule has 44 nitrogen and oxygen atoms in total. The number of aliphatic hydroxyl groups is 2. The summed E-state index contributed by atoms with van der Waals surface area (Å²) in [6.07, 6.45) is -5.50. The second-order valence-electron chi connectivity index (χ2n) is 25.9. The normalized spacial score (nSPS) is 20.9. The average Bonchev–Trinajstić information content (AvgIpc) is 1.13. The molecule has 0 spiro atoms. The predicted molar refractivity (Wildman–Crippen MR) is 378 cm³/mol. The monoisotopic (exact) mass is 1740 g/mol. The van der Waals surface area contributed by atoms with E-state index in [9.17, 15) is 128 Å². The molecular formula is C57H108N16Na5O28S5+5. The van der Waals surface area contributed by atoms with Gasteiger partial charge in [-0.25, -0.2) is 0 Å². The molecule has 1 aliphatic heterocycles. The van der Waals surface area contributed by atoms with Gasteiger partial charge in [0, 0.05) is 13.0 Å². The van der Waals surface area contributed by atoms with E-state index in [-0.39, 0.29) is 180 Å². The molecule has 54 heteroatoms. The molecule has 1 fully saturated rings. The number of amides is 11. The first-order valence-electron chi connectivity index (χ1n) is 33.9. The average molecular weight is 1740 g/mol. The van der Waals surface area contributed by atoms with Gasteiger partial charge in [-0.2, -0.15) is 42.1 Å². The van der Waals surface area contributed by atoms with Crippen LogP contribution >= 0.6 is 0 Å². The number of hydrogen-bond acceptors (Lipinski definition) is 28. The van der Waals surface area contributed by atoms with E-state index >= 15 is 0 Å². The molecule has 0 aliphatic carbocycles. The summed E-state index contributed by atoms with van der Waals surface area (Å²) in [4.78, 5) is 158. The van der Waals surface area contributed by atoms with Crippen LogP contribution in [0.15, 0.2) is 0 Å². The van der Waals surface area contributed by atoms with Crippen molar-refractivity contribution in [2.24, 2.45) is 17.8 Å². The summed E-state index contributed by atoms with van der Waals surface area (Å²) in [5, 5.41) is 59.7. The molecule has 23 N–H and O–H groups in total. The van der Waals surface area contributed by atoms with Gasteiger partial charge in [0.2, 0.25) is 65.0 Å². The maximum atomic E-state index is 14.9. The maximum absolute atomic E-state index is 14.9. The van der Waals surface area contributed by atoms with Crippen LogP contribution in [0.5, 0.6) is 0 Å². The first-order valence-corrected chi connectivity index (χ1v) is 42.0. The smallest absolute Gasteiger partial charge is 0.391 e. The van der Waals surface area contributed by atoms with Gasteiger partial charge in [-0.15, -0.1) is 0 Å². The summed E-state index contributed by atoms with van der Waals surface area (Å²) in [7, 11) is -23.5. The number of carbonyl (C=O) groups is 11. The van der Waals surface area contributed by atoms with Gasteiger partial charge in [0.05, 0.1) is 12.2 Å². The molecule has 11 amide bonds. The minimum atomic E-state index is -4.77. The first-order chi connectivity index (χ1) is 49.0. The molecule has 1 heterocycles. The van der Waals surface area contributed by atoms with Gasteiger partial charge in [0.1, 0.15) is 89.8 Å². The van der Waals surface area contributed by atoms with Crippen molar-refractivity contribution in [3.05, 3.63) is 0 Å². The molecule has 1 rings (SSSR count). The van der Waals surface area contributed by atoms with Crippen LogP contribution in [0.4, 0.5) is 0 Å². The van der Waals surface area contributed by atoms with Gasteiger partial charge in [0.25, 0.3) is 50.6 Å². The zero-order chi connectivity index (χ0) is 81.1. The summed E-state index contributed by atoms with van der Waals surface area (Å²) in [6, 6.07) is -18.6. The first kappa shape index (κ1) is 118. The number of nitrogens with one attached hydrogen (secondary N) is 16. The van der Waals surface area contributed by atoms with Crippen LogP contribution < -0.4 is 233 Å². The second kappa shape index (κ2) is 59.2. The Morgan fingerprint density at radius 2 is 0.775 bits per heavy atom. The Morgan fingerprint density at radius 3 is 1.15 bits per heavy atom. The van der Waals surface area contributed by atoms with Crippen molar-refractivity contribution in [3.8, 4) is 0 Å². The predicted octanol–water partition coefficient (Wildman–Crippen LogP) is -23.4. The van der Waals surface area contributed by atoms with E-state index in [1.807, 2.05) is 13.8 Å². The Balaban J connectivity index is -0.00000749. The van der Waals surface area contributed by atoms with Crippen molar-refractivity contribution < 1.29 is 276 Å². The van der Waals surface area contributed by atoms with Gasteiger partial charge in [-0.3, -0.25) is 75.5 Å². The summed E-state index contributed by atoms with van der Waals surface area (Å²) < 4.78 is 163. The van der Waals surface area contributed by atoms with Gasteiger partial charge >= 0.3 is 148 Å². The fourth-order valence-electron chi connectivity index (χ4n) is 9.96. The van der Waals surface area contributed by atoms with E-state index in [1.165, 1.54) is 13.8 Å². The topological polar surface area (TPSA) is 693 Å². The summed E-state index contributed by atoms with van der Waals surface area (Å²) in [5.74, 6) is -19.9. The molecule has 14 unspecified atom stereocenters. The Bertz CT molecular complexity index is 3540. The third-order valence-electron chi connectivity index (χ3n) is 16.2. The summed E-state index contributed by atoms with van der Waals surface area (Å²) in [6.45, 7) is 8.85. The van der Waals surface area contributed by atoms with Gasteiger partial charge in [-0.1, -0.05) is 67.2 Å². The minimum Gasteiger partial charge on any atom is -0.391 e. The van der Waals surface area contributed by atoms with Crippen LogP contribution in [0.1, 0.15) is 132 Å². The molecule has 0 aromatic heterocycles. The third-order valence-corrected chi connectivity index (χ3v) is 19.0. The van der Waals surface area contributed by atoms with Crippen molar-refractivity contribution in [1.29, 1.82) is 0 Å². The maximum Gasteiger partial charge on any atom is 1.00 e. The van der Waals surface area contributed by atoms with Crippen molar-refractivity contribution in [2.75, 3.05) is 68.7 Å². The molecule has 0 saturated carbocycles. The van der Waals surface area contributed by atoms with Crippen molar-refractivity contribution >= 4 is 116 Å². The molecule has 0 radical (unpaired) electrons. The fourth-order valence-corrected chi connectivity index (χ4v) is 12.0. The standard InChI is InChI=1S/C57H108N16O28S5.5Na/c1-9-33(5)44-55(84)68-38(16-22-59-28-103(90,91)92)48(77)66-41(19-25-62-31-106(99,100)101)53(82)72-46(35(7)74)54(83)63-26-20-42(50(79)65-40(18-24-61-30-105(96,97)98)52(81)70-45(34(6)10-2)56(85)71-44)67-49(78)39(17-23-60-29-104(93,94)95)69-57(86)47(36(8)75)73-51(80)37(15-21-58-27-102(87,88)89)64-43(76)14-12-11-13-32(3)4;;;;;/h32-42,44-47,58-62,74-75H,9-31H2,1-8H3,(H,63,83)(H,64,76)(H,65,79)(H,66,77)(H,67,78)(H,68,84)(H,69,86)(H,70,81)(H,71,85)(H,72,82)(H,73,80)(H,87,88,89)(H,90,91,92)(H,93,94,95)(H,96,97,98)(H,99,100,101);;;;;/q;5*+1. The quantitative estimate of drug-likeness (QED) is 0.0153. The molecule has 1 saturated heterocycles. The van der Waals surface area contributed by atoms with Crippen LogP contribution in [-0.2, 0) is 103 Å². The minimum absolute atomic E-state index is 0. The Hall–Kier alpha value is -1.56. The third kappa shape index (κ3) is 53.6. The summed E-state index contributed by atoms with van der Waals surface area (Å²) >= 11 is 0. The fraction of sp³-hybridized carbons (Fsp3) is 0.807. The van der Waals surface area contributed by atoms with Crippen LogP contribution in [0.3, 0.4) is 0 Å². The van der Waals surface area contributed by atoms with Gasteiger partial charge in [-0.05, 0) is 109 Å². The van der Waals surface area contributed by atoms with Gasteiger partial charge in [0.15, 0.2) is 0 Å². The molecular weight excluding hydrogens is 1630 g/mol. The van der Waals surface area contributed by atoms with Gasteiger partial charge < -0.3 is 95.3 Å². The molecule has 614 valence electrons. The van der Waals surface area contributed by atoms with E-state index in [2.05, 4.69) is 85.1 Å². The van der Waals surface area contributed by atoms with E-state index in [0.29, 0.717) is 18.8 Å². The number of rotatable bonds is 43. The zero-order valence-electron chi connectivity index (χ0n) is 65.2. The number of hydrogen-bond donors (Lipinski definition) is 23. The van der Waals surface area contributed by atoms with Crippen LogP contribution in [0.2, 0.25) is 0 Å². The van der Waals surface area contributed by atoms with E-state index in [0.717, 1.165) is 20.3 Å². The SMILES string of the molecule is CCC(C)C1NC(=O)C(CCNCS(=O)(=O)O)NC(=O)C(NC(=O)C(CCNCS(=O)(=O)O)NC(=O)C(NC(=O)C(CCNCS(=O)(=O)O)NC(=O)CCCCC(C)C)C(C)O)CCNC(=O)C(C(C)O)NC(=O)C(CCNCS(=O)(=O)O)NC(=O)C(CCNCS(=O)(=O)O)NC(=O)C(C(C)CC)NC1=O.[Na+].[Na+].[Na+].[Na+].[Na+]. The molecule has 14 atom stereocenters. The van der Waals surface area contributed by atoms with Crippen molar-refractivity contribution in [2.45, 2.75) is 205 Å². The number of aliphatic hydroxyl groups excluding tert-OH is 2. The molecule has 1 aliphatic rings. The van der Waals surface area contributed by atoms with Crippen molar-refractivity contribution in [1.82, 2.24) is 85.1 Å². The molecule has 0 aromatic rings. The second-order valence-corrected chi connectivity index (χ2v) is 33.2. The van der Waals surface area contributed by atoms with E-state index in [1.54, 1.807) is 13.8 Å². The Morgan fingerprint density at radius 1 is 0.423 bits per heavy atom. The van der Waals surface area contributed by atoms with Crippen LogP contribution in [0, 0.1) is 17.8 Å². The van der Waals surface area contributed by atoms with Crippen LogP contribution in [-0.4, -0.2) is 281 Å². The molecule has 0 bridgehead atoms. The molecule has 111 heavy (non-hydrogen) atoms. The largest absolute Gasteiger partial charge is 1.00 e.